The van der Waals surface area contributed by atoms with Crippen LogP contribution in [-0.4, -0.2) is 25.7 Å². The molecule has 0 saturated carbocycles. The molecule has 0 saturated heterocycles. The van der Waals surface area contributed by atoms with Crippen molar-refractivity contribution in [2.75, 3.05) is 25.1 Å². The van der Waals surface area contributed by atoms with E-state index in [-0.39, 0.29) is 12.5 Å². The summed E-state index contributed by atoms with van der Waals surface area (Å²) < 4.78 is 11.2. The van der Waals surface area contributed by atoms with Crippen LogP contribution in [0.15, 0.2) is 48.5 Å². The van der Waals surface area contributed by atoms with E-state index in [0.717, 1.165) is 24.3 Å². The highest BCUT2D eigenvalue weighted by atomic mass is 16.5. The highest BCUT2D eigenvalue weighted by Crippen LogP contribution is 2.28. The number of carbonyl (C=O) groups is 1. The van der Waals surface area contributed by atoms with Crippen molar-refractivity contribution in [1.29, 1.82) is 0 Å². The van der Waals surface area contributed by atoms with Crippen molar-refractivity contribution in [3.05, 3.63) is 54.1 Å². The van der Waals surface area contributed by atoms with Crippen molar-refractivity contribution in [2.45, 2.75) is 20.4 Å². The molecule has 5 heteroatoms. The number of hydrogen-bond donors (Lipinski definition) is 2. The smallest absolute Gasteiger partial charge is 0.262 e. The van der Waals surface area contributed by atoms with Gasteiger partial charge in [-0.1, -0.05) is 31.2 Å². The van der Waals surface area contributed by atoms with Crippen molar-refractivity contribution in [2.24, 2.45) is 0 Å². The second-order valence-electron chi connectivity index (χ2n) is 5.20. The normalized spacial score (nSPS) is 10.2. The lowest BCUT2D eigenvalue weighted by Gasteiger charge is -2.13. The number of amides is 1. The monoisotopic (exact) mass is 328 g/mol. The Labute approximate surface area is 143 Å². The molecular formula is C19H24N2O3. The molecule has 0 aliphatic rings. The van der Waals surface area contributed by atoms with Crippen LogP contribution < -0.4 is 20.1 Å². The van der Waals surface area contributed by atoms with Crippen LogP contribution in [0.2, 0.25) is 0 Å². The predicted molar refractivity (Wildman–Crippen MR) is 95.6 cm³/mol. The van der Waals surface area contributed by atoms with Crippen LogP contribution in [0.3, 0.4) is 0 Å². The molecule has 128 valence electrons. The van der Waals surface area contributed by atoms with E-state index in [4.69, 9.17) is 9.47 Å². The maximum absolute atomic E-state index is 12.0. The van der Waals surface area contributed by atoms with Crippen molar-refractivity contribution in [1.82, 2.24) is 5.32 Å². The molecule has 2 aromatic carbocycles. The summed E-state index contributed by atoms with van der Waals surface area (Å²) in [5, 5.41) is 6.06. The van der Waals surface area contributed by atoms with E-state index >= 15 is 0 Å². The van der Waals surface area contributed by atoms with Gasteiger partial charge in [0.15, 0.2) is 18.1 Å². The highest BCUT2D eigenvalue weighted by molar-refractivity contribution is 5.91. The molecule has 2 rings (SSSR count). The lowest BCUT2D eigenvalue weighted by molar-refractivity contribution is -0.118. The number of rotatable bonds is 9. The fourth-order valence-corrected chi connectivity index (χ4v) is 2.18. The van der Waals surface area contributed by atoms with Crippen LogP contribution in [0.5, 0.6) is 11.5 Å². The number of anilines is 1. The molecule has 0 aliphatic heterocycles. The summed E-state index contributed by atoms with van der Waals surface area (Å²) in [6.45, 7) is 6.13. The Morgan fingerprint density at radius 3 is 2.50 bits per heavy atom. The fraction of sp³-hybridized carbons (Fsp3) is 0.316. The van der Waals surface area contributed by atoms with Crippen LogP contribution in [0.4, 0.5) is 5.69 Å². The summed E-state index contributed by atoms with van der Waals surface area (Å²) >= 11 is 0. The minimum atomic E-state index is -0.208. The first kappa shape index (κ1) is 17.8. The van der Waals surface area contributed by atoms with Crippen LogP contribution >= 0.6 is 0 Å². The van der Waals surface area contributed by atoms with Crippen molar-refractivity contribution in [3.63, 3.8) is 0 Å². The average molecular weight is 328 g/mol. The fourth-order valence-electron chi connectivity index (χ4n) is 2.18. The summed E-state index contributed by atoms with van der Waals surface area (Å²) in [4.78, 5) is 12.0. The quantitative estimate of drug-likeness (QED) is 0.742. The molecule has 0 spiro atoms. The third-order valence-electron chi connectivity index (χ3n) is 3.30. The molecule has 0 fully saturated rings. The maximum Gasteiger partial charge on any atom is 0.262 e. The maximum atomic E-state index is 12.0. The molecule has 1 amide bonds. The Morgan fingerprint density at radius 1 is 1.00 bits per heavy atom. The molecule has 5 nitrogen and oxygen atoms in total. The number of hydrogen-bond acceptors (Lipinski definition) is 4. The molecule has 0 atom stereocenters. The van der Waals surface area contributed by atoms with Crippen molar-refractivity contribution >= 4 is 11.6 Å². The van der Waals surface area contributed by atoms with E-state index in [1.807, 2.05) is 55.5 Å². The first-order valence-corrected chi connectivity index (χ1v) is 8.17. The third kappa shape index (κ3) is 5.59. The minimum Gasteiger partial charge on any atom is -0.490 e. The van der Waals surface area contributed by atoms with E-state index in [1.165, 1.54) is 0 Å². The molecule has 0 radical (unpaired) electrons. The molecule has 24 heavy (non-hydrogen) atoms. The van der Waals surface area contributed by atoms with Gasteiger partial charge in [0, 0.05) is 12.2 Å². The van der Waals surface area contributed by atoms with Gasteiger partial charge in [-0.3, -0.25) is 4.79 Å². The van der Waals surface area contributed by atoms with Gasteiger partial charge in [-0.15, -0.1) is 0 Å². The Bertz CT molecular complexity index is 644. The van der Waals surface area contributed by atoms with Gasteiger partial charge in [-0.2, -0.15) is 0 Å². The van der Waals surface area contributed by atoms with E-state index in [2.05, 4.69) is 17.6 Å². The molecule has 0 aromatic heterocycles. The average Bonchev–Trinajstić information content (AvgIpc) is 2.60. The minimum absolute atomic E-state index is 0.0679. The van der Waals surface area contributed by atoms with Gasteiger partial charge in [0.2, 0.25) is 0 Å². The first-order chi connectivity index (χ1) is 11.7. The predicted octanol–water partition coefficient (Wildman–Crippen LogP) is 3.21. The standard InChI is InChI=1S/C19H24N2O3/c1-3-20-13-15-10-11-17(18(12-15)23-4-2)24-14-19(22)21-16-8-6-5-7-9-16/h5-12,20H,3-4,13-14H2,1-2H3,(H,21,22). The van der Waals surface area contributed by atoms with Crippen molar-refractivity contribution < 1.29 is 14.3 Å². The number of carbonyl (C=O) groups excluding carboxylic acids is 1. The largest absolute Gasteiger partial charge is 0.490 e. The summed E-state index contributed by atoms with van der Waals surface area (Å²) in [5.41, 5.74) is 1.86. The van der Waals surface area contributed by atoms with Crippen LogP contribution in [0.1, 0.15) is 19.4 Å². The molecular weight excluding hydrogens is 304 g/mol. The number of para-hydroxylation sites is 1. The Morgan fingerprint density at radius 2 is 1.79 bits per heavy atom. The van der Waals surface area contributed by atoms with Gasteiger partial charge < -0.3 is 20.1 Å². The molecule has 0 aliphatic carbocycles. The zero-order valence-electron chi connectivity index (χ0n) is 14.2. The highest BCUT2D eigenvalue weighted by Gasteiger charge is 2.09. The van der Waals surface area contributed by atoms with Crippen LogP contribution in [0, 0.1) is 0 Å². The van der Waals surface area contributed by atoms with Gasteiger partial charge in [0.05, 0.1) is 6.61 Å². The van der Waals surface area contributed by atoms with Gasteiger partial charge in [0.1, 0.15) is 0 Å². The molecule has 2 N–H and O–H groups in total. The summed E-state index contributed by atoms with van der Waals surface area (Å²) in [7, 11) is 0. The van der Waals surface area contributed by atoms with E-state index in [0.29, 0.717) is 18.1 Å². The van der Waals surface area contributed by atoms with Gasteiger partial charge >= 0.3 is 0 Å². The van der Waals surface area contributed by atoms with E-state index < -0.39 is 0 Å². The van der Waals surface area contributed by atoms with Gasteiger partial charge in [-0.05, 0) is 43.3 Å². The zero-order valence-corrected chi connectivity index (χ0v) is 14.2. The zero-order chi connectivity index (χ0) is 17.2. The van der Waals surface area contributed by atoms with Gasteiger partial charge in [0.25, 0.3) is 5.91 Å². The molecule has 0 bridgehead atoms. The second-order valence-corrected chi connectivity index (χ2v) is 5.20. The summed E-state index contributed by atoms with van der Waals surface area (Å²) in [6.07, 6.45) is 0. The third-order valence-corrected chi connectivity index (χ3v) is 3.30. The lowest BCUT2D eigenvalue weighted by atomic mass is 10.2. The first-order valence-electron chi connectivity index (χ1n) is 8.17. The Balaban J connectivity index is 1.96. The van der Waals surface area contributed by atoms with Crippen LogP contribution in [0.25, 0.3) is 0 Å². The number of benzene rings is 2. The summed E-state index contributed by atoms with van der Waals surface area (Å²) in [5.74, 6) is 1.01. The topological polar surface area (TPSA) is 59.6 Å². The second kappa shape index (κ2) is 9.57. The van der Waals surface area contributed by atoms with E-state index in [1.54, 1.807) is 0 Å². The summed E-state index contributed by atoms with van der Waals surface area (Å²) in [6, 6.07) is 15.0. The number of ether oxygens (including phenoxy) is 2. The van der Waals surface area contributed by atoms with Crippen molar-refractivity contribution in [3.8, 4) is 11.5 Å². The Kier molecular flexibility index (Phi) is 7.11. The van der Waals surface area contributed by atoms with Crippen LogP contribution in [-0.2, 0) is 11.3 Å². The molecule has 0 heterocycles. The Hall–Kier alpha value is -2.53. The number of nitrogens with one attached hydrogen (secondary N) is 2. The van der Waals surface area contributed by atoms with Gasteiger partial charge in [-0.25, -0.2) is 0 Å². The molecule has 0 unspecified atom stereocenters. The molecule has 2 aromatic rings. The SMILES string of the molecule is CCNCc1ccc(OCC(=O)Nc2ccccc2)c(OCC)c1. The van der Waals surface area contributed by atoms with E-state index in [9.17, 15) is 4.79 Å². The lowest BCUT2D eigenvalue weighted by Crippen LogP contribution is -2.20.